The van der Waals surface area contributed by atoms with Gasteiger partial charge >= 0.3 is 6.18 Å². The molecular weight excluding hydrogens is 233 g/mol. The lowest BCUT2D eigenvalue weighted by Gasteiger charge is -2.33. The maximum atomic E-state index is 12.0. The van der Waals surface area contributed by atoms with Gasteiger partial charge in [0.2, 0.25) is 0 Å². The monoisotopic (exact) mass is 244 g/mol. The van der Waals surface area contributed by atoms with Gasteiger partial charge in [-0.15, -0.1) is 0 Å². The third-order valence-corrected chi connectivity index (χ3v) is 3.34. The molecule has 0 spiro atoms. The molecule has 4 heteroatoms. The lowest BCUT2D eigenvalue weighted by molar-refractivity contribution is -0.148. The molecule has 0 aromatic rings. The Morgan fingerprint density at radius 2 is 1.92 bits per heavy atom. The van der Waals surface area contributed by atoms with Crippen molar-refractivity contribution in [2.75, 3.05) is 5.33 Å². The largest absolute Gasteiger partial charge is 0.389 e. The SMILES string of the molecule is FC(F)(F)CC(CBr)C1CCC1. The van der Waals surface area contributed by atoms with Gasteiger partial charge in [0.1, 0.15) is 0 Å². The minimum Gasteiger partial charge on any atom is -0.171 e. The molecule has 1 fully saturated rings. The Balaban J connectivity index is 2.34. The number of halogens is 4. The summed E-state index contributed by atoms with van der Waals surface area (Å²) in [5.74, 6) is 0.116. The van der Waals surface area contributed by atoms with Crippen molar-refractivity contribution in [2.45, 2.75) is 31.9 Å². The Bertz CT molecular complexity index is 140. The molecule has 1 saturated carbocycles. The van der Waals surface area contributed by atoms with Crippen molar-refractivity contribution in [3.05, 3.63) is 0 Å². The van der Waals surface area contributed by atoms with E-state index in [9.17, 15) is 13.2 Å². The second-order valence-electron chi connectivity index (χ2n) is 3.42. The van der Waals surface area contributed by atoms with Crippen molar-refractivity contribution >= 4 is 15.9 Å². The maximum Gasteiger partial charge on any atom is 0.389 e. The van der Waals surface area contributed by atoms with Crippen LogP contribution in [0.1, 0.15) is 25.7 Å². The number of alkyl halides is 4. The lowest BCUT2D eigenvalue weighted by atomic mass is 9.75. The first-order valence-electron chi connectivity index (χ1n) is 4.15. The van der Waals surface area contributed by atoms with Gasteiger partial charge in [-0.1, -0.05) is 35.2 Å². The van der Waals surface area contributed by atoms with E-state index < -0.39 is 12.6 Å². The van der Waals surface area contributed by atoms with Crippen molar-refractivity contribution < 1.29 is 13.2 Å². The highest BCUT2D eigenvalue weighted by molar-refractivity contribution is 9.09. The normalized spacial score (nSPS) is 22.0. The predicted molar refractivity (Wildman–Crippen MR) is 45.3 cm³/mol. The summed E-state index contributed by atoms with van der Waals surface area (Å²) >= 11 is 3.14. The first-order chi connectivity index (χ1) is 5.53. The van der Waals surface area contributed by atoms with E-state index in [1.165, 1.54) is 0 Å². The summed E-state index contributed by atoms with van der Waals surface area (Å²) in [5, 5.41) is 0.483. The van der Waals surface area contributed by atoms with Crippen LogP contribution in [0.15, 0.2) is 0 Å². The molecule has 0 heterocycles. The second-order valence-corrected chi connectivity index (χ2v) is 4.07. The van der Waals surface area contributed by atoms with Crippen LogP contribution in [-0.4, -0.2) is 11.5 Å². The predicted octanol–water partition coefficient (Wildman–Crippen LogP) is 3.75. The summed E-state index contributed by atoms with van der Waals surface area (Å²) in [4.78, 5) is 0. The van der Waals surface area contributed by atoms with Gasteiger partial charge in [-0.3, -0.25) is 0 Å². The van der Waals surface area contributed by atoms with Crippen LogP contribution in [-0.2, 0) is 0 Å². The molecule has 72 valence electrons. The van der Waals surface area contributed by atoms with Crippen LogP contribution in [0.25, 0.3) is 0 Å². The van der Waals surface area contributed by atoms with Gasteiger partial charge in [0, 0.05) is 11.8 Å². The molecule has 1 aliphatic carbocycles. The van der Waals surface area contributed by atoms with E-state index in [-0.39, 0.29) is 5.92 Å². The van der Waals surface area contributed by atoms with Crippen LogP contribution in [0.2, 0.25) is 0 Å². The van der Waals surface area contributed by atoms with Crippen LogP contribution in [0.5, 0.6) is 0 Å². The molecule has 1 rings (SSSR count). The minimum atomic E-state index is -3.99. The summed E-state index contributed by atoms with van der Waals surface area (Å²) in [6, 6.07) is 0. The Morgan fingerprint density at radius 1 is 1.33 bits per heavy atom. The lowest BCUT2D eigenvalue weighted by Crippen LogP contribution is -2.27. The van der Waals surface area contributed by atoms with Crippen molar-refractivity contribution in [1.29, 1.82) is 0 Å². The molecule has 0 aromatic carbocycles. The second kappa shape index (κ2) is 3.99. The van der Waals surface area contributed by atoms with Gasteiger partial charge in [-0.2, -0.15) is 13.2 Å². The molecular formula is C8H12BrF3. The highest BCUT2D eigenvalue weighted by Crippen LogP contribution is 2.39. The number of hydrogen-bond acceptors (Lipinski definition) is 0. The zero-order valence-electron chi connectivity index (χ0n) is 6.70. The zero-order valence-corrected chi connectivity index (χ0v) is 8.29. The molecule has 0 aliphatic heterocycles. The topological polar surface area (TPSA) is 0 Å². The van der Waals surface area contributed by atoms with Crippen molar-refractivity contribution in [3.63, 3.8) is 0 Å². The van der Waals surface area contributed by atoms with Gasteiger partial charge < -0.3 is 0 Å². The van der Waals surface area contributed by atoms with Gasteiger partial charge in [0.05, 0.1) is 0 Å². The maximum absolute atomic E-state index is 12.0. The summed E-state index contributed by atoms with van der Waals surface area (Å²) in [5.41, 5.74) is 0. The summed E-state index contributed by atoms with van der Waals surface area (Å²) in [6.07, 6.45) is -1.55. The molecule has 0 aromatic heterocycles. The van der Waals surface area contributed by atoms with Gasteiger partial charge in [0.15, 0.2) is 0 Å². The highest BCUT2D eigenvalue weighted by Gasteiger charge is 2.36. The third-order valence-electron chi connectivity index (χ3n) is 2.51. The van der Waals surface area contributed by atoms with E-state index in [4.69, 9.17) is 0 Å². The van der Waals surface area contributed by atoms with E-state index in [0.29, 0.717) is 11.2 Å². The molecule has 12 heavy (non-hydrogen) atoms. The Morgan fingerprint density at radius 3 is 2.17 bits per heavy atom. The van der Waals surface area contributed by atoms with E-state index in [1.54, 1.807) is 0 Å². The Hall–Kier alpha value is 0.270. The fraction of sp³-hybridized carbons (Fsp3) is 1.00. The van der Waals surface area contributed by atoms with E-state index in [1.807, 2.05) is 0 Å². The Labute approximate surface area is 78.7 Å². The molecule has 0 N–H and O–H groups in total. The summed E-state index contributed by atoms with van der Waals surface area (Å²) in [7, 11) is 0. The molecule has 0 saturated heterocycles. The van der Waals surface area contributed by atoms with Crippen LogP contribution >= 0.6 is 15.9 Å². The molecule has 0 bridgehead atoms. The van der Waals surface area contributed by atoms with Crippen LogP contribution in [0, 0.1) is 11.8 Å². The van der Waals surface area contributed by atoms with Crippen molar-refractivity contribution in [1.82, 2.24) is 0 Å². The molecule has 0 amide bonds. The first-order valence-corrected chi connectivity index (χ1v) is 5.28. The fourth-order valence-electron chi connectivity index (χ4n) is 1.56. The fourth-order valence-corrected chi connectivity index (χ4v) is 2.31. The first kappa shape index (κ1) is 10.4. The third kappa shape index (κ3) is 2.96. The van der Waals surface area contributed by atoms with Gasteiger partial charge in [-0.05, 0) is 11.8 Å². The van der Waals surface area contributed by atoms with Crippen molar-refractivity contribution in [2.24, 2.45) is 11.8 Å². The summed E-state index contributed by atoms with van der Waals surface area (Å²) in [6.45, 7) is 0. The number of rotatable bonds is 3. The van der Waals surface area contributed by atoms with E-state index in [2.05, 4.69) is 15.9 Å². The smallest absolute Gasteiger partial charge is 0.171 e. The Kier molecular flexibility index (Phi) is 3.44. The molecule has 1 aliphatic rings. The van der Waals surface area contributed by atoms with Crippen molar-refractivity contribution in [3.8, 4) is 0 Å². The highest BCUT2D eigenvalue weighted by atomic mass is 79.9. The molecule has 1 unspecified atom stereocenters. The molecule has 0 nitrogen and oxygen atoms in total. The van der Waals surface area contributed by atoms with Gasteiger partial charge in [-0.25, -0.2) is 0 Å². The molecule has 1 atom stereocenters. The van der Waals surface area contributed by atoms with E-state index in [0.717, 1.165) is 19.3 Å². The quantitative estimate of drug-likeness (QED) is 0.664. The van der Waals surface area contributed by atoms with Crippen LogP contribution in [0.4, 0.5) is 13.2 Å². The van der Waals surface area contributed by atoms with E-state index >= 15 is 0 Å². The van der Waals surface area contributed by atoms with Crippen LogP contribution in [0.3, 0.4) is 0 Å². The zero-order chi connectivity index (χ0) is 9.19. The minimum absolute atomic E-state index is 0.196. The van der Waals surface area contributed by atoms with Crippen LogP contribution < -0.4 is 0 Å². The van der Waals surface area contributed by atoms with Gasteiger partial charge in [0.25, 0.3) is 0 Å². The summed E-state index contributed by atoms with van der Waals surface area (Å²) < 4.78 is 36.0. The average Bonchev–Trinajstić information content (AvgIpc) is 1.79. The average molecular weight is 245 g/mol. The molecule has 0 radical (unpaired) electrons. The number of hydrogen-bond donors (Lipinski definition) is 0. The standard InChI is InChI=1S/C8H12BrF3/c9-5-7(4-8(10,11)12)6-2-1-3-6/h6-7H,1-5H2.